The second kappa shape index (κ2) is 13.9. The Morgan fingerprint density at radius 2 is 1.74 bits per heavy atom. The first-order valence-electron chi connectivity index (χ1n) is 12.3. The first kappa shape index (κ1) is 29.1. The topological polar surface area (TPSA) is 175 Å². The maximum atomic E-state index is 13.3. The number of primary amides is 1. The Morgan fingerprint density at radius 3 is 2.45 bits per heavy atom. The van der Waals surface area contributed by atoms with Gasteiger partial charge in [0.2, 0.25) is 17.7 Å². The van der Waals surface area contributed by atoms with Crippen LogP contribution in [0.15, 0.2) is 60.8 Å². The second-order valence-electron chi connectivity index (χ2n) is 8.93. The minimum absolute atomic E-state index is 0.0223. The van der Waals surface area contributed by atoms with Crippen LogP contribution in [0.4, 0.5) is 0 Å². The predicted octanol–water partition coefficient (Wildman–Crippen LogP) is 2.03. The number of hydrogen-bond donors (Lipinski definition) is 5. The lowest BCUT2D eigenvalue weighted by molar-refractivity contribution is -0.139. The van der Waals surface area contributed by atoms with E-state index in [0.29, 0.717) is 12.8 Å². The van der Waals surface area contributed by atoms with E-state index >= 15 is 0 Å². The van der Waals surface area contributed by atoms with Gasteiger partial charge >= 0.3 is 7.82 Å². The molecule has 6 N–H and O–H groups in total. The van der Waals surface area contributed by atoms with Gasteiger partial charge in [0.25, 0.3) is 0 Å². The first-order chi connectivity index (χ1) is 18.1. The number of fused-ring (bicyclic) bond motifs is 1. The molecule has 0 spiro atoms. The predicted molar refractivity (Wildman–Crippen MR) is 142 cm³/mol. The molecule has 0 radical (unpaired) electrons. The normalized spacial score (nSPS) is 12.3. The van der Waals surface area contributed by atoms with Crippen LogP contribution in [0.25, 0.3) is 10.9 Å². The van der Waals surface area contributed by atoms with Gasteiger partial charge in [-0.3, -0.25) is 18.9 Å². The van der Waals surface area contributed by atoms with Gasteiger partial charge in [-0.2, -0.15) is 0 Å². The minimum atomic E-state index is -4.92. The third kappa shape index (κ3) is 9.42. The fourth-order valence-corrected chi connectivity index (χ4v) is 4.49. The molecule has 0 aliphatic rings. The SMILES string of the molecule is NC(=O)CN(CCCCc1ccccc1)C(=O)[C@H](COP(=O)(O)O)NC(=O)CCc1c[nH]c2ccccc12. The summed E-state index contributed by atoms with van der Waals surface area (Å²) >= 11 is 0. The van der Waals surface area contributed by atoms with Gasteiger partial charge in [0, 0.05) is 30.1 Å². The van der Waals surface area contributed by atoms with E-state index in [1.54, 1.807) is 0 Å². The summed E-state index contributed by atoms with van der Waals surface area (Å²) in [7, 11) is -4.92. The number of hydrogen-bond acceptors (Lipinski definition) is 5. The fourth-order valence-electron chi connectivity index (χ4n) is 4.15. The Balaban J connectivity index is 1.63. The van der Waals surface area contributed by atoms with Crippen molar-refractivity contribution < 1.29 is 33.3 Å². The molecule has 38 heavy (non-hydrogen) atoms. The van der Waals surface area contributed by atoms with Crippen LogP contribution in [0.5, 0.6) is 0 Å². The molecule has 1 aromatic heterocycles. The number of aromatic nitrogens is 1. The molecule has 3 amide bonds. The van der Waals surface area contributed by atoms with Crippen LogP contribution < -0.4 is 11.1 Å². The molecular formula is C26H33N4O7P. The zero-order chi connectivity index (χ0) is 27.5. The highest BCUT2D eigenvalue weighted by atomic mass is 31.2. The number of amides is 3. The quantitative estimate of drug-likeness (QED) is 0.144. The van der Waals surface area contributed by atoms with Crippen molar-refractivity contribution in [2.24, 2.45) is 5.73 Å². The van der Waals surface area contributed by atoms with Gasteiger partial charge < -0.3 is 30.7 Å². The van der Waals surface area contributed by atoms with Gasteiger partial charge in [0.15, 0.2) is 0 Å². The molecule has 3 rings (SSSR count). The zero-order valence-corrected chi connectivity index (χ0v) is 21.8. The van der Waals surface area contributed by atoms with E-state index in [1.165, 1.54) is 4.90 Å². The van der Waals surface area contributed by atoms with Crippen LogP contribution in [0.3, 0.4) is 0 Å². The standard InChI is InChI=1S/C26H33N4O7P/c27-24(31)17-30(15-7-6-10-19-8-2-1-3-9-19)26(33)23(18-37-38(34,35)36)29-25(32)14-13-20-16-28-22-12-5-4-11-21(20)22/h1-5,8-9,11-12,16,23,28H,6-7,10,13-15,17-18H2,(H2,27,31)(H,29,32)(H2,34,35,36)/t23-/m0/s1. The van der Waals surface area contributed by atoms with E-state index in [4.69, 9.17) is 15.5 Å². The monoisotopic (exact) mass is 544 g/mol. The van der Waals surface area contributed by atoms with Crippen molar-refractivity contribution in [1.82, 2.24) is 15.2 Å². The average Bonchev–Trinajstić information content (AvgIpc) is 3.29. The van der Waals surface area contributed by atoms with Crippen molar-refractivity contribution in [3.8, 4) is 0 Å². The molecule has 204 valence electrons. The molecule has 0 aliphatic carbocycles. The number of nitrogens with two attached hydrogens (primary N) is 1. The summed E-state index contributed by atoms with van der Waals surface area (Å²) in [6.07, 6.45) is 4.26. The number of nitrogens with one attached hydrogen (secondary N) is 2. The summed E-state index contributed by atoms with van der Waals surface area (Å²) in [4.78, 5) is 60.3. The molecule has 3 aromatic rings. The third-order valence-electron chi connectivity index (χ3n) is 5.98. The molecule has 1 atom stereocenters. The Labute approximate surface area is 220 Å². The van der Waals surface area contributed by atoms with Gasteiger partial charge in [-0.05, 0) is 42.9 Å². The summed E-state index contributed by atoms with van der Waals surface area (Å²) < 4.78 is 15.8. The number of aromatic amines is 1. The van der Waals surface area contributed by atoms with Crippen molar-refractivity contribution >= 4 is 36.4 Å². The van der Waals surface area contributed by atoms with Crippen molar-refractivity contribution in [1.29, 1.82) is 0 Å². The number of aryl methyl sites for hydroxylation is 2. The van der Waals surface area contributed by atoms with E-state index < -0.39 is 44.7 Å². The molecule has 12 heteroatoms. The molecule has 11 nitrogen and oxygen atoms in total. The molecule has 1 heterocycles. The first-order valence-corrected chi connectivity index (χ1v) is 13.8. The van der Waals surface area contributed by atoms with Crippen LogP contribution in [-0.2, 0) is 36.3 Å². The fraction of sp³-hybridized carbons (Fsp3) is 0.346. The Morgan fingerprint density at radius 1 is 1.03 bits per heavy atom. The molecule has 0 aliphatic heterocycles. The highest BCUT2D eigenvalue weighted by Crippen LogP contribution is 2.35. The second-order valence-corrected chi connectivity index (χ2v) is 10.2. The van der Waals surface area contributed by atoms with E-state index in [2.05, 4.69) is 14.8 Å². The Kier molecular flexibility index (Phi) is 10.6. The van der Waals surface area contributed by atoms with Gasteiger partial charge in [0.05, 0.1) is 13.2 Å². The summed E-state index contributed by atoms with van der Waals surface area (Å²) in [5.41, 5.74) is 8.32. The number of unbranched alkanes of at least 4 members (excludes halogenated alkanes) is 1. The van der Waals surface area contributed by atoms with E-state index in [0.717, 1.165) is 34.9 Å². The average molecular weight is 545 g/mol. The lowest BCUT2D eigenvalue weighted by Gasteiger charge is -2.27. The number of phosphoric acid groups is 1. The van der Waals surface area contributed by atoms with Gasteiger partial charge in [-0.1, -0.05) is 48.5 Å². The van der Waals surface area contributed by atoms with Gasteiger partial charge in [0.1, 0.15) is 6.04 Å². The molecule has 0 fully saturated rings. The van der Waals surface area contributed by atoms with Crippen LogP contribution >= 0.6 is 7.82 Å². The van der Waals surface area contributed by atoms with Crippen molar-refractivity contribution in [3.05, 3.63) is 71.9 Å². The van der Waals surface area contributed by atoms with Crippen LogP contribution in [0, 0.1) is 0 Å². The number of carbonyl (C=O) groups excluding carboxylic acids is 3. The number of nitrogens with zero attached hydrogens (tertiary/aromatic N) is 1. The van der Waals surface area contributed by atoms with Crippen LogP contribution in [0.1, 0.15) is 30.4 Å². The highest BCUT2D eigenvalue weighted by molar-refractivity contribution is 7.46. The van der Waals surface area contributed by atoms with E-state index in [1.807, 2.05) is 60.8 Å². The molecule has 0 unspecified atom stereocenters. The molecular weight excluding hydrogens is 511 g/mol. The summed E-state index contributed by atoms with van der Waals surface area (Å²) in [6, 6.07) is 16.0. The van der Waals surface area contributed by atoms with Crippen molar-refractivity contribution in [2.45, 2.75) is 38.1 Å². The van der Waals surface area contributed by atoms with Gasteiger partial charge in [-0.15, -0.1) is 0 Å². The zero-order valence-electron chi connectivity index (χ0n) is 20.9. The summed E-state index contributed by atoms with van der Waals surface area (Å²) in [6.45, 7) is -0.991. The number of rotatable bonds is 15. The number of para-hydroxylation sites is 1. The lowest BCUT2D eigenvalue weighted by Crippen LogP contribution is -2.52. The lowest BCUT2D eigenvalue weighted by atomic mass is 10.1. The van der Waals surface area contributed by atoms with Gasteiger partial charge in [-0.25, -0.2) is 4.57 Å². The largest absolute Gasteiger partial charge is 0.469 e. The number of carbonyl (C=O) groups is 3. The number of phosphoric ester groups is 1. The smallest absolute Gasteiger partial charge is 0.368 e. The van der Waals surface area contributed by atoms with E-state index in [-0.39, 0.29) is 13.0 Å². The molecule has 0 saturated heterocycles. The van der Waals surface area contributed by atoms with Crippen LogP contribution in [0.2, 0.25) is 0 Å². The van der Waals surface area contributed by atoms with Crippen molar-refractivity contribution in [2.75, 3.05) is 19.7 Å². The minimum Gasteiger partial charge on any atom is -0.368 e. The van der Waals surface area contributed by atoms with E-state index in [9.17, 15) is 18.9 Å². The highest BCUT2D eigenvalue weighted by Gasteiger charge is 2.29. The number of benzene rings is 2. The van der Waals surface area contributed by atoms with Crippen molar-refractivity contribution in [3.63, 3.8) is 0 Å². The summed E-state index contributed by atoms with van der Waals surface area (Å²) in [5.74, 6) is -1.97. The molecule has 0 saturated carbocycles. The Bertz CT molecular complexity index is 1270. The molecule has 2 aromatic carbocycles. The number of H-pyrrole nitrogens is 1. The Hall–Kier alpha value is -3.50. The van der Waals surface area contributed by atoms with Crippen LogP contribution in [-0.4, -0.2) is 63.1 Å². The summed E-state index contributed by atoms with van der Waals surface area (Å²) in [5, 5.41) is 3.48. The maximum absolute atomic E-state index is 13.3. The maximum Gasteiger partial charge on any atom is 0.469 e. The molecule has 0 bridgehead atoms. The third-order valence-corrected chi connectivity index (χ3v) is 6.47.